The molecule has 4 rings (SSSR count). The van der Waals surface area contributed by atoms with Crippen LogP contribution >= 0.6 is 0 Å². The lowest BCUT2D eigenvalue weighted by atomic mass is 10.1. The second-order valence-corrected chi connectivity index (χ2v) is 7.32. The number of rotatable bonds is 6. The molecule has 0 aliphatic rings. The van der Waals surface area contributed by atoms with Crippen molar-refractivity contribution in [2.75, 3.05) is 19.5 Å². The first-order valence-electron chi connectivity index (χ1n) is 10.1. The van der Waals surface area contributed by atoms with Crippen molar-refractivity contribution >= 4 is 22.5 Å². The van der Waals surface area contributed by atoms with Gasteiger partial charge in [-0.1, -0.05) is 42.0 Å². The summed E-state index contributed by atoms with van der Waals surface area (Å²) in [5, 5.41) is 3.27. The highest BCUT2D eigenvalue weighted by Crippen LogP contribution is 2.29. The maximum atomic E-state index is 13.3. The van der Waals surface area contributed by atoms with E-state index in [-0.39, 0.29) is 18.0 Å². The molecule has 4 aromatic rings. The van der Waals surface area contributed by atoms with Gasteiger partial charge in [-0.25, -0.2) is 4.98 Å². The van der Waals surface area contributed by atoms with Crippen molar-refractivity contribution in [3.8, 4) is 22.9 Å². The highest BCUT2D eigenvalue weighted by Gasteiger charge is 2.17. The minimum absolute atomic E-state index is 0.199. The maximum absolute atomic E-state index is 13.3. The van der Waals surface area contributed by atoms with Crippen molar-refractivity contribution in [2.24, 2.45) is 0 Å². The van der Waals surface area contributed by atoms with Gasteiger partial charge >= 0.3 is 0 Å². The van der Waals surface area contributed by atoms with Gasteiger partial charge in [-0.3, -0.25) is 14.2 Å². The Balaban J connectivity index is 1.74. The summed E-state index contributed by atoms with van der Waals surface area (Å²) >= 11 is 0. The van der Waals surface area contributed by atoms with Crippen LogP contribution in [0.25, 0.3) is 22.3 Å². The Morgan fingerprint density at radius 3 is 2.47 bits per heavy atom. The Morgan fingerprint density at radius 1 is 1.00 bits per heavy atom. The monoisotopic (exact) mass is 429 g/mol. The summed E-state index contributed by atoms with van der Waals surface area (Å²) < 4.78 is 11.9. The predicted octanol–water partition coefficient (Wildman–Crippen LogP) is 4.03. The fourth-order valence-corrected chi connectivity index (χ4v) is 3.47. The number of methoxy groups -OCH3 is 2. The van der Waals surface area contributed by atoms with E-state index in [1.807, 2.05) is 37.3 Å². The van der Waals surface area contributed by atoms with E-state index in [1.165, 1.54) is 11.7 Å². The first-order chi connectivity index (χ1) is 15.5. The van der Waals surface area contributed by atoms with Crippen molar-refractivity contribution in [1.29, 1.82) is 0 Å². The van der Waals surface area contributed by atoms with Crippen LogP contribution in [-0.4, -0.2) is 29.7 Å². The fourth-order valence-electron chi connectivity index (χ4n) is 3.47. The molecule has 1 N–H and O–H groups in total. The number of fused-ring (bicyclic) bond motifs is 1. The van der Waals surface area contributed by atoms with Gasteiger partial charge in [0.15, 0.2) is 0 Å². The Morgan fingerprint density at radius 2 is 1.75 bits per heavy atom. The number of nitrogens with zero attached hydrogens (tertiary/aromatic N) is 2. The zero-order valence-electron chi connectivity index (χ0n) is 18.1. The smallest absolute Gasteiger partial charge is 0.262 e. The standard InChI is InChI=1S/C25H23N3O4/c1-16-8-10-17(11-9-16)24-27-20-7-5-4-6-19(20)25(30)28(24)15-23(29)26-21-13-12-18(31-2)14-22(21)32-3/h4-14H,15H2,1-3H3,(H,26,29). The van der Waals surface area contributed by atoms with E-state index in [4.69, 9.17) is 14.5 Å². The molecule has 1 heterocycles. The van der Waals surface area contributed by atoms with Crippen LogP contribution in [0, 0.1) is 6.92 Å². The molecule has 1 amide bonds. The van der Waals surface area contributed by atoms with Crippen molar-refractivity contribution < 1.29 is 14.3 Å². The van der Waals surface area contributed by atoms with E-state index in [1.54, 1.807) is 43.5 Å². The Kier molecular flexibility index (Phi) is 5.89. The maximum Gasteiger partial charge on any atom is 0.262 e. The first kappa shape index (κ1) is 21.1. The number of carbonyl (C=O) groups excluding carboxylic acids is 1. The number of nitrogens with one attached hydrogen (secondary N) is 1. The largest absolute Gasteiger partial charge is 0.497 e. The van der Waals surface area contributed by atoms with E-state index >= 15 is 0 Å². The number of carbonyl (C=O) groups is 1. The number of aromatic nitrogens is 2. The van der Waals surface area contributed by atoms with Crippen LogP contribution < -0.4 is 20.3 Å². The number of hydrogen-bond acceptors (Lipinski definition) is 5. The molecule has 0 saturated carbocycles. The number of benzene rings is 3. The van der Waals surface area contributed by atoms with Crippen LogP contribution in [0.2, 0.25) is 0 Å². The van der Waals surface area contributed by atoms with E-state index in [2.05, 4.69) is 5.32 Å². The van der Waals surface area contributed by atoms with Crippen molar-refractivity contribution in [1.82, 2.24) is 9.55 Å². The quantitative estimate of drug-likeness (QED) is 0.500. The molecule has 0 aliphatic heterocycles. The van der Waals surface area contributed by atoms with Gasteiger partial charge in [0.1, 0.15) is 23.9 Å². The molecular weight excluding hydrogens is 406 g/mol. The number of hydrogen-bond donors (Lipinski definition) is 1. The van der Waals surface area contributed by atoms with E-state index in [0.717, 1.165) is 11.1 Å². The molecule has 7 heteroatoms. The van der Waals surface area contributed by atoms with Gasteiger partial charge in [0.2, 0.25) is 5.91 Å². The second-order valence-electron chi connectivity index (χ2n) is 7.32. The summed E-state index contributed by atoms with van der Waals surface area (Å²) in [6.45, 7) is 1.79. The zero-order valence-corrected chi connectivity index (χ0v) is 18.1. The molecule has 0 saturated heterocycles. The van der Waals surface area contributed by atoms with Gasteiger partial charge in [0.05, 0.1) is 30.8 Å². The third-order valence-corrected chi connectivity index (χ3v) is 5.16. The lowest BCUT2D eigenvalue weighted by Gasteiger charge is -2.15. The predicted molar refractivity (Wildman–Crippen MR) is 124 cm³/mol. The summed E-state index contributed by atoms with van der Waals surface area (Å²) in [6, 6.07) is 19.9. The molecule has 0 radical (unpaired) electrons. The van der Waals surface area contributed by atoms with Gasteiger partial charge < -0.3 is 14.8 Å². The topological polar surface area (TPSA) is 82.5 Å². The Labute approximate surface area is 185 Å². The first-order valence-corrected chi connectivity index (χ1v) is 10.1. The molecule has 0 bridgehead atoms. The zero-order chi connectivity index (χ0) is 22.7. The third-order valence-electron chi connectivity index (χ3n) is 5.16. The summed E-state index contributed by atoms with van der Waals surface area (Å²) in [5.41, 5.74) is 2.64. The van der Waals surface area contributed by atoms with Gasteiger partial charge in [0, 0.05) is 11.6 Å². The number of anilines is 1. The van der Waals surface area contributed by atoms with E-state index in [0.29, 0.717) is 33.9 Å². The third kappa shape index (κ3) is 4.18. The summed E-state index contributed by atoms with van der Waals surface area (Å²) in [5.74, 6) is 1.13. The average Bonchev–Trinajstić information content (AvgIpc) is 2.81. The van der Waals surface area contributed by atoms with E-state index in [9.17, 15) is 9.59 Å². The Bertz CT molecular complexity index is 1340. The second kappa shape index (κ2) is 8.93. The molecule has 1 aromatic heterocycles. The minimum atomic E-state index is -0.374. The molecule has 162 valence electrons. The number of para-hydroxylation sites is 1. The van der Waals surface area contributed by atoms with Crippen molar-refractivity contribution in [3.05, 3.63) is 82.6 Å². The molecule has 0 aliphatic carbocycles. The fraction of sp³-hybridized carbons (Fsp3) is 0.160. The van der Waals surface area contributed by atoms with E-state index < -0.39 is 0 Å². The molecule has 0 fully saturated rings. The van der Waals surface area contributed by atoms with Crippen LogP contribution in [-0.2, 0) is 11.3 Å². The van der Waals surface area contributed by atoms with Crippen molar-refractivity contribution in [2.45, 2.75) is 13.5 Å². The summed E-state index contributed by atoms with van der Waals surface area (Å²) in [6.07, 6.45) is 0. The number of aryl methyl sites for hydroxylation is 1. The van der Waals surface area contributed by atoms with Crippen molar-refractivity contribution in [3.63, 3.8) is 0 Å². The summed E-state index contributed by atoms with van der Waals surface area (Å²) in [7, 11) is 3.07. The molecule has 0 spiro atoms. The van der Waals surface area contributed by atoms with Crippen LogP contribution in [0.4, 0.5) is 5.69 Å². The lowest BCUT2D eigenvalue weighted by molar-refractivity contribution is -0.116. The summed E-state index contributed by atoms with van der Waals surface area (Å²) in [4.78, 5) is 30.9. The highest BCUT2D eigenvalue weighted by molar-refractivity contribution is 5.93. The number of amides is 1. The van der Waals surface area contributed by atoms with Crippen LogP contribution in [0.1, 0.15) is 5.56 Å². The van der Waals surface area contributed by atoms with Gasteiger partial charge in [-0.2, -0.15) is 0 Å². The number of ether oxygens (including phenoxy) is 2. The highest BCUT2D eigenvalue weighted by atomic mass is 16.5. The van der Waals surface area contributed by atoms with Gasteiger partial charge in [0.25, 0.3) is 5.56 Å². The molecule has 7 nitrogen and oxygen atoms in total. The normalized spacial score (nSPS) is 10.7. The van der Waals surface area contributed by atoms with Crippen LogP contribution in [0.15, 0.2) is 71.5 Å². The SMILES string of the molecule is COc1ccc(NC(=O)Cn2c(-c3ccc(C)cc3)nc3ccccc3c2=O)c(OC)c1. The van der Waals surface area contributed by atoms with Crippen LogP contribution in [0.3, 0.4) is 0 Å². The average molecular weight is 429 g/mol. The molecule has 3 aromatic carbocycles. The minimum Gasteiger partial charge on any atom is -0.497 e. The lowest BCUT2D eigenvalue weighted by Crippen LogP contribution is -2.30. The molecular formula is C25H23N3O4. The molecule has 0 unspecified atom stereocenters. The Hall–Kier alpha value is -4.13. The van der Waals surface area contributed by atoms with Gasteiger partial charge in [-0.05, 0) is 31.2 Å². The van der Waals surface area contributed by atoms with Gasteiger partial charge in [-0.15, -0.1) is 0 Å². The molecule has 0 atom stereocenters. The molecule has 32 heavy (non-hydrogen) atoms. The van der Waals surface area contributed by atoms with Crippen LogP contribution in [0.5, 0.6) is 11.5 Å².